The predicted octanol–water partition coefficient (Wildman–Crippen LogP) is 5.16. The molecule has 6 nitrogen and oxygen atoms in total. The Bertz CT molecular complexity index is 1260. The van der Waals surface area contributed by atoms with Gasteiger partial charge < -0.3 is 19.9 Å². The Morgan fingerprint density at radius 1 is 1.00 bits per heavy atom. The molecule has 0 unspecified atom stereocenters. The van der Waals surface area contributed by atoms with Crippen LogP contribution in [-0.2, 0) is 0 Å². The number of pyridine rings is 1. The van der Waals surface area contributed by atoms with Crippen molar-refractivity contribution in [2.45, 2.75) is 0 Å². The van der Waals surface area contributed by atoms with Gasteiger partial charge in [0.1, 0.15) is 5.75 Å². The van der Waals surface area contributed by atoms with Gasteiger partial charge in [0.2, 0.25) is 0 Å². The van der Waals surface area contributed by atoms with E-state index in [4.69, 9.17) is 31.5 Å². The fraction of sp³-hybridized carbons (Fsp3) is 0.0909. The number of hydrogen-bond acceptors (Lipinski definition) is 6. The van der Waals surface area contributed by atoms with Gasteiger partial charge in [-0.2, -0.15) is 0 Å². The zero-order chi connectivity index (χ0) is 20.5. The van der Waals surface area contributed by atoms with Crippen molar-refractivity contribution < 1.29 is 19.0 Å². The van der Waals surface area contributed by atoms with E-state index in [2.05, 4.69) is 4.98 Å². The molecule has 1 aromatic heterocycles. The van der Waals surface area contributed by atoms with E-state index in [9.17, 15) is 4.79 Å². The van der Waals surface area contributed by atoms with E-state index in [0.717, 1.165) is 10.8 Å². The predicted molar refractivity (Wildman–Crippen MR) is 113 cm³/mol. The van der Waals surface area contributed by atoms with Crippen LogP contribution in [0.2, 0.25) is 0 Å². The maximum Gasteiger partial charge on any atom is 0.253 e. The first kappa shape index (κ1) is 18.8. The Hall–Kier alpha value is -3.51. The van der Waals surface area contributed by atoms with Crippen molar-refractivity contribution in [2.24, 2.45) is 0 Å². The summed E-state index contributed by atoms with van der Waals surface area (Å²) < 4.78 is 16.8. The number of benzene rings is 3. The number of anilines is 1. The van der Waals surface area contributed by atoms with E-state index in [1.54, 1.807) is 50.6 Å². The van der Waals surface area contributed by atoms with Gasteiger partial charge in [-0.1, -0.05) is 12.1 Å². The molecule has 4 aromatic rings. The normalized spacial score (nSPS) is 10.9. The minimum atomic E-state index is -0.505. The third-order valence-corrected chi connectivity index (χ3v) is 4.84. The van der Waals surface area contributed by atoms with Crippen molar-refractivity contribution >= 4 is 44.2 Å². The lowest BCUT2D eigenvalue weighted by Gasteiger charge is -2.14. The zero-order valence-corrected chi connectivity index (χ0v) is 16.5. The smallest absolute Gasteiger partial charge is 0.253 e. The van der Waals surface area contributed by atoms with Crippen molar-refractivity contribution in [1.82, 2.24) is 4.98 Å². The van der Waals surface area contributed by atoms with Crippen LogP contribution in [0.15, 0.2) is 54.7 Å². The number of aromatic nitrogens is 1. The van der Waals surface area contributed by atoms with Gasteiger partial charge in [0.15, 0.2) is 17.2 Å². The topological polar surface area (TPSA) is 83.7 Å². The van der Waals surface area contributed by atoms with Crippen molar-refractivity contribution in [2.75, 3.05) is 20.0 Å². The molecule has 7 heteroatoms. The summed E-state index contributed by atoms with van der Waals surface area (Å²) in [6, 6.07) is 14.3. The van der Waals surface area contributed by atoms with Gasteiger partial charge in [0.05, 0.1) is 31.6 Å². The molecule has 0 saturated heterocycles. The molecule has 29 heavy (non-hydrogen) atoms. The fourth-order valence-corrected chi connectivity index (χ4v) is 3.40. The van der Waals surface area contributed by atoms with Crippen LogP contribution in [0, 0.1) is 0 Å². The van der Waals surface area contributed by atoms with Crippen LogP contribution in [0.1, 0.15) is 10.4 Å². The first-order valence-corrected chi connectivity index (χ1v) is 9.10. The van der Waals surface area contributed by atoms with E-state index in [0.29, 0.717) is 45.2 Å². The number of hydrogen-bond donors (Lipinski definition) is 1. The second-order valence-corrected chi connectivity index (χ2v) is 6.67. The van der Waals surface area contributed by atoms with Crippen LogP contribution in [0.4, 0.5) is 5.69 Å². The maximum atomic E-state index is 11.6. The van der Waals surface area contributed by atoms with Crippen LogP contribution in [-0.4, -0.2) is 24.4 Å². The number of nitrogen functional groups attached to an aromatic ring is 1. The zero-order valence-electron chi connectivity index (χ0n) is 15.7. The molecule has 1 heterocycles. The summed E-state index contributed by atoms with van der Waals surface area (Å²) in [7, 11) is 3.12. The second-order valence-electron chi connectivity index (χ2n) is 6.33. The Labute approximate surface area is 171 Å². The monoisotopic (exact) mass is 408 g/mol. The third kappa shape index (κ3) is 3.39. The number of rotatable bonds is 5. The summed E-state index contributed by atoms with van der Waals surface area (Å²) in [4.78, 5) is 16.0. The minimum absolute atomic E-state index is 0.384. The lowest BCUT2D eigenvalue weighted by molar-refractivity contribution is 0.108. The summed E-state index contributed by atoms with van der Waals surface area (Å²) in [5, 5.41) is 1.76. The van der Waals surface area contributed by atoms with Gasteiger partial charge in [0, 0.05) is 17.0 Å². The van der Waals surface area contributed by atoms with Gasteiger partial charge in [0.25, 0.3) is 5.24 Å². The largest absolute Gasteiger partial charge is 0.493 e. The molecule has 0 aliphatic heterocycles. The van der Waals surface area contributed by atoms with E-state index < -0.39 is 5.24 Å². The highest BCUT2D eigenvalue weighted by Gasteiger charge is 2.15. The van der Waals surface area contributed by atoms with E-state index in [-0.39, 0.29) is 0 Å². The van der Waals surface area contributed by atoms with Gasteiger partial charge in [-0.15, -0.1) is 0 Å². The molecule has 0 atom stereocenters. The highest BCUT2D eigenvalue weighted by atomic mass is 35.5. The Kier molecular flexibility index (Phi) is 4.86. The van der Waals surface area contributed by atoms with Crippen LogP contribution in [0.3, 0.4) is 0 Å². The molecule has 0 saturated carbocycles. The highest BCUT2D eigenvalue weighted by molar-refractivity contribution is 6.68. The maximum absolute atomic E-state index is 11.6. The Balaban J connectivity index is 1.83. The van der Waals surface area contributed by atoms with Gasteiger partial charge >= 0.3 is 0 Å². The molecule has 0 bridgehead atoms. The van der Waals surface area contributed by atoms with E-state index >= 15 is 0 Å². The van der Waals surface area contributed by atoms with E-state index in [1.165, 1.54) is 6.20 Å². The molecule has 0 amide bonds. The fourth-order valence-electron chi connectivity index (χ4n) is 3.24. The van der Waals surface area contributed by atoms with Crippen LogP contribution >= 0.6 is 11.6 Å². The second kappa shape index (κ2) is 7.48. The number of ether oxygens (including phenoxy) is 3. The van der Waals surface area contributed by atoms with Gasteiger partial charge in [-0.05, 0) is 52.7 Å². The molecule has 146 valence electrons. The van der Waals surface area contributed by atoms with Crippen LogP contribution in [0.25, 0.3) is 21.7 Å². The molecule has 0 aliphatic rings. The molecule has 0 fully saturated rings. The first-order chi connectivity index (χ1) is 14.0. The standard InChI is InChI=1S/C22H17ClN2O4/c1-27-19-9-16-18(10-20(19)28-2)25-11-17(24)21(16)29-13-6-7-14-12(8-13)4-3-5-15(14)22(23)26/h3-11H,24H2,1-2H3. The molecule has 0 aliphatic carbocycles. The Morgan fingerprint density at radius 3 is 2.48 bits per heavy atom. The number of nitrogens with two attached hydrogens (primary N) is 1. The Morgan fingerprint density at radius 2 is 1.76 bits per heavy atom. The lowest BCUT2D eigenvalue weighted by atomic mass is 10.1. The quantitative estimate of drug-likeness (QED) is 0.459. The van der Waals surface area contributed by atoms with Crippen LogP contribution < -0.4 is 19.9 Å². The number of halogens is 1. The summed E-state index contributed by atoms with van der Waals surface area (Å²) in [6.45, 7) is 0. The average Bonchev–Trinajstić information content (AvgIpc) is 2.74. The molecule has 2 N–H and O–H groups in total. The third-order valence-electron chi connectivity index (χ3n) is 4.63. The molecular formula is C22H17ClN2O4. The number of carbonyl (C=O) groups excluding carboxylic acids is 1. The average molecular weight is 409 g/mol. The lowest BCUT2D eigenvalue weighted by Crippen LogP contribution is -1.97. The minimum Gasteiger partial charge on any atom is -0.493 e. The summed E-state index contributed by atoms with van der Waals surface area (Å²) in [5.41, 5.74) is 7.64. The summed E-state index contributed by atoms with van der Waals surface area (Å²) >= 11 is 5.68. The number of methoxy groups -OCH3 is 2. The number of carbonyl (C=O) groups is 1. The van der Waals surface area contributed by atoms with Crippen molar-refractivity contribution in [1.29, 1.82) is 0 Å². The van der Waals surface area contributed by atoms with Crippen molar-refractivity contribution in [3.63, 3.8) is 0 Å². The molecule has 3 aromatic carbocycles. The first-order valence-electron chi connectivity index (χ1n) is 8.72. The van der Waals surface area contributed by atoms with Gasteiger partial charge in [-0.3, -0.25) is 9.78 Å². The van der Waals surface area contributed by atoms with Crippen molar-refractivity contribution in [3.05, 3.63) is 60.3 Å². The van der Waals surface area contributed by atoms with Crippen LogP contribution in [0.5, 0.6) is 23.0 Å². The number of fused-ring (bicyclic) bond motifs is 2. The molecular weight excluding hydrogens is 392 g/mol. The van der Waals surface area contributed by atoms with Crippen molar-refractivity contribution in [3.8, 4) is 23.0 Å². The highest BCUT2D eigenvalue weighted by Crippen LogP contribution is 2.40. The number of nitrogens with zero attached hydrogens (tertiary/aromatic N) is 1. The van der Waals surface area contributed by atoms with E-state index in [1.807, 2.05) is 12.1 Å². The molecule has 0 spiro atoms. The summed E-state index contributed by atoms with van der Waals surface area (Å²) in [6.07, 6.45) is 1.54. The van der Waals surface area contributed by atoms with Gasteiger partial charge in [-0.25, -0.2) is 0 Å². The SMILES string of the molecule is COc1cc2ncc(N)c(Oc3ccc4c(C(=O)Cl)cccc4c3)c2cc1OC. The molecule has 0 radical (unpaired) electrons. The summed E-state index contributed by atoms with van der Waals surface area (Å²) in [5.74, 6) is 2.12. The molecule has 4 rings (SSSR count).